The van der Waals surface area contributed by atoms with Crippen LogP contribution in [-0.4, -0.2) is 19.3 Å². The van der Waals surface area contributed by atoms with E-state index < -0.39 is 9.84 Å². The molecule has 1 heterocycles. The number of hydrogen-bond donors (Lipinski definition) is 1. The van der Waals surface area contributed by atoms with E-state index in [-0.39, 0.29) is 16.6 Å². The first-order valence-corrected chi connectivity index (χ1v) is 13.1. The zero-order valence-corrected chi connectivity index (χ0v) is 19.1. The lowest BCUT2D eigenvalue weighted by Crippen LogP contribution is -2.13. The number of sulfone groups is 1. The van der Waals surface area contributed by atoms with Gasteiger partial charge < -0.3 is 0 Å². The van der Waals surface area contributed by atoms with Crippen LogP contribution in [-0.2, 0) is 28.4 Å². The molecule has 0 saturated heterocycles. The molecule has 0 radical (unpaired) electrons. The maximum atomic E-state index is 12.8. The Kier molecular flexibility index (Phi) is 6.53. The Morgan fingerprint density at radius 2 is 1.97 bits per heavy atom. The van der Waals surface area contributed by atoms with Crippen molar-refractivity contribution in [3.63, 3.8) is 0 Å². The van der Waals surface area contributed by atoms with Gasteiger partial charge in [0.25, 0.3) is 5.91 Å². The molecule has 1 unspecified atom stereocenters. The molecule has 4 rings (SSSR count). The maximum absolute atomic E-state index is 12.8. The van der Waals surface area contributed by atoms with Crippen LogP contribution in [0.3, 0.4) is 0 Å². The number of hydrogen-bond acceptors (Lipinski definition) is 5. The van der Waals surface area contributed by atoms with Crippen molar-refractivity contribution < 1.29 is 13.2 Å². The van der Waals surface area contributed by atoms with Gasteiger partial charge in [-0.3, -0.25) is 10.1 Å². The van der Waals surface area contributed by atoms with Crippen LogP contribution in [0.5, 0.6) is 0 Å². The molecule has 0 fully saturated rings. The predicted molar refractivity (Wildman–Crippen MR) is 124 cm³/mol. The van der Waals surface area contributed by atoms with Gasteiger partial charge in [0.15, 0.2) is 15.0 Å². The van der Waals surface area contributed by atoms with E-state index >= 15 is 0 Å². The number of nitrogens with one attached hydrogen (secondary N) is 1. The minimum atomic E-state index is -3.47. The molecule has 3 aromatic rings. The van der Waals surface area contributed by atoms with Crippen molar-refractivity contribution >= 4 is 32.2 Å². The van der Waals surface area contributed by atoms with Crippen LogP contribution in [0.4, 0.5) is 5.13 Å². The monoisotopic (exact) mass is 454 g/mol. The fourth-order valence-corrected chi connectivity index (χ4v) is 6.53. The van der Waals surface area contributed by atoms with E-state index in [4.69, 9.17) is 0 Å². The summed E-state index contributed by atoms with van der Waals surface area (Å²) in [5.41, 5.74) is 2.12. The second-order valence-electron chi connectivity index (χ2n) is 8.01. The number of amides is 1. The molecule has 0 saturated carbocycles. The SMILES string of the molecule is CCCC1CCc2nc(NC(=O)c3cccc(CS(=O)(=O)c4ccccc4)c3)sc2C1. The first-order chi connectivity index (χ1) is 14.9. The number of benzene rings is 2. The zero-order valence-electron chi connectivity index (χ0n) is 17.5. The molecular formula is C24H26N2O3S2. The fourth-order valence-electron chi connectivity index (χ4n) is 4.05. The molecule has 1 aromatic heterocycles. The van der Waals surface area contributed by atoms with Crippen LogP contribution < -0.4 is 5.32 Å². The van der Waals surface area contributed by atoms with Crippen molar-refractivity contribution in [3.05, 3.63) is 76.3 Å². The topological polar surface area (TPSA) is 76.1 Å². The molecular weight excluding hydrogens is 428 g/mol. The molecule has 31 heavy (non-hydrogen) atoms. The lowest BCUT2D eigenvalue weighted by Gasteiger charge is -2.19. The van der Waals surface area contributed by atoms with E-state index in [0.29, 0.717) is 22.2 Å². The Morgan fingerprint density at radius 3 is 2.74 bits per heavy atom. The van der Waals surface area contributed by atoms with E-state index in [0.717, 1.165) is 25.0 Å². The Bertz CT molecular complexity index is 1170. The quantitative estimate of drug-likeness (QED) is 0.527. The van der Waals surface area contributed by atoms with E-state index in [2.05, 4.69) is 17.2 Å². The highest BCUT2D eigenvalue weighted by Gasteiger charge is 2.23. The number of aromatic nitrogens is 1. The standard InChI is InChI=1S/C24H26N2O3S2/c1-2-7-17-12-13-21-22(15-17)30-24(25-21)26-23(27)19-9-6-8-18(14-19)16-31(28,29)20-10-4-3-5-11-20/h3-6,8-11,14,17H,2,7,12-13,15-16H2,1H3,(H,25,26,27). The smallest absolute Gasteiger partial charge is 0.257 e. The van der Waals surface area contributed by atoms with Gasteiger partial charge >= 0.3 is 0 Å². The zero-order chi connectivity index (χ0) is 21.8. The molecule has 162 valence electrons. The second kappa shape index (κ2) is 9.32. The van der Waals surface area contributed by atoms with Gasteiger partial charge in [-0.1, -0.05) is 50.1 Å². The number of nitrogens with zero attached hydrogens (tertiary/aromatic N) is 1. The number of carbonyl (C=O) groups excluding carboxylic acids is 1. The Labute approximate surface area is 187 Å². The number of aryl methyl sites for hydroxylation is 1. The third-order valence-electron chi connectivity index (χ3n) is 5.61. The van der Waals surface area contributed by atoms with Gasteiger partial charge in [-0.25, -0.2) is 13.4 Å². The molecule has 0 aliphatic heterocycles. The molecule has 1 atom stereocenters. The van der Waals surface area contributed by atoms with Crippen molar-refractivity contribution in [2.75, 3.05) is 5.32 Å². The lowest BCUT2D eigenvalue weighted by atomic mass is 9.88. The normalized spacial score (nSPS) is 16.0. The Balaban J connectivity index is 1.46. The first-order valence-electron chi connectivity index (χ1n) is 10.6. The van der Waals surface area contributed by atoms with Gasteiger partial charge in [0, 0.05) is 10.4 Å². The minimum Gasteiger partial charge on any atom is -0.298 e. The fraction of sp³-hybridized carbons (Fsp3) is 0.333. The van der Waals surface area contributed by atoms with Crippen molar-refractivity contribution in [1.82, 2.24) is 4.98 Å². The number of fused-ring (bicyclic) bond motifs is 1. The average molecular weight is 455 g/mol. The number of carbonyl (C=O) groups is 1. The molecule has 1 aliphatic carbocycles. The second-order valence-corrected chi connectivity index (χ2v) is 11.1. The van der Waals surface area contributed by atoms with E-state index in [1.807, 2.05) is 0 Å². The van der Waals surface area contributed by atoms with Gasteiger partial charge in [-0.05, 0) is 55.0 Å². The summed E-state index contributed by atoms with van der Waals surface area (Å²) in [5.74, 6) is 0.294. The number of thiazole rings is 1. The van der Waals surface area contributed by atoms with Crippen LogP contribution in [0, 0.1) is 5.92 Å². The third-order valence-corrected chi connectivity index (χ3v) is 8.35. The van der Waals surface area contributed by atoms with Gasteiger partial charge in [-0.2, -0.15) is 0 Å². The van der Waals surface area contributed by atoms with Crippen LogP contribution in [0.15, 0.2) is 59.5 Å². The summed E-state index contributed by atoms with van der Waals surface area (Å²) in [7, 11) is -3.47. The highest BCUT2D eigenvalue weighted by atomic mass is 32.2. The first kappa shape index (κ1) is 21.7. The molecule has 0 spiro atoms. The summed E-state index contributed by atoms with van der Waals surface area (Å²) in [6, 6.07) is 15.1. The molecule has 1 amide bonds. The summed E-state index contributed by atoms with van der Waals surface area (Å²) in [4.78, 5) is 19.0. The van der Waals surface area contributed by atoms with Crippen molar-refractivity contribution in [3.8, 4) is 0 Å². The molecule has 2 aromatic carbocycles. The van der Waals surface area contributed by atoms with Crippen LogP contribution >= 0.6 is 11.3 Å². The maximum Gasteiger partial charge on any atom is 0.257 e. The van der Waals surface area contributed by atoms with Crippen molar-refractivity contribution in [2.24, 2.45) is 5.92 Å². The van der Waals surface area contributed by atoms with Gasteiger partial charge in [0.1, 0.15) is 0 Å². The van der Waals surface area contributed by atoms with Crippen LogP contribution in [0.1, 0.15) is 52.7 Å². The van der Waals surface area contributed by atoms with Crippen molar-refractivity contribution in [2.45, 2.75) is 49.7 Å². The summed E-state index contributed by atoms with van der Waals surface area (Å²) < 4.78 is 25.3. The molecule has 1 aliphatic rings. The number of rotatable bonds is 7. The Hall–Kier alpha value is -2.51. The highest BCUT2D eigenvalue weighted by molar-refractivity contribution is 7.90. The summed E-state index contributed by atoms with van der Waals surface area (Å²) in [5, 5.41) is 3.52. The summed E-state index contributed by atoms with van der Waals surface area (Å²) in [6.45, 7) is 2.22. The average Bonchev–Trinajstić information content (AvgIpc) is 3.16. The summed E-state index contributed by atoms with van der Waals surface area (Å²) >= 11 is 1.56. The highest BCUT2D eigenvalue weighted by Crippen LogP contribution is 2.34. The van der Waals surface area contributed by atoms with E-state index in [9.17, 15) is 13.2 Å². The van der Waals surface area contributed by atoms with Gasteiger partial charge in [0.05, 0.1) is 16.3 Å². The van der Waals surface area contributed by atoms with E-state index in [1.54, 1.807) is 65.9 Å². The molecule has 1 N–H and O–H groups in total. The third kappa shape index (κ3) is 5.22. The summed E-state index contributed by atoms with van der Waals surface area (Å²) in [6.07, 6.45) is 5.61. The molecule has 7 heteroatoms. The molecule has 0 bridgehead atoms. The van der Waals surface area contributed by atoms with Gasteiger partial charge in [0.2, 0.25) is 0 Å². The predicted octanol–water partition coefficient (Wildman–Crippen LogP) is 5.27. The van der Waals surface area contributed by atoms with Crippen molar-refractivity contribution in [1.29, 1.82) is 0 Å². The molecule has 5 nitrogen and oxygen atoms in total. The Morgan fingerprint density at radius 1 is 1.16 bits per heavy atom. The lowest BCUT2D eigenvalue weighted by molar-refractivity contribution is 0.102. The van der Waals surface area contributed by atoms with Crippen LogP contribution in [0.25, 0.3) is 0 Å². The van der Waals surface area contributed by atoms with Gasteiger partial charge in [-0.15, -0.1) is 11.3 Å². The van der Waals surface area contributed by atoms with Crippen LogP contribution in [0.2, 0.25) is 0 Å². The van der Waals surface area contributed by atoms with E-state index in [1.165, 1.54) is 17.7 Å². The number of anilines is 1. The largest absolute Gasteiger partial charge is 0.298 e. The minimum absolute atomic E-state index is 0.150.